The zero-order valence-corrected chi connectivity index (χ0v) is 14.5. The molecule has 0 radical (unpaired) electrons. The van der Waals surface area contributed by atoms with Crippen molar-refractivity contribution >= 4 is 17.2 Å². The van der Waals surface area contributed by atoms with E-state index in [4.69, 9.17) is 9.47 Å². The first-order valence-electron chi connectivity index (χ1n) is 8.41. The molecule has 0 saturated carbocycles. The minimum Gasteiger partial charge on any atom is -0.383 e. The van der Waals surface area contributed by atoms with Gasteiger partial charge in [-0.15, -0.1) is 11.3 Å². The number of thiophene rings is 1. The van der Waals surface area contributed by atoms with E-state index >= 15 is 0 Å². The normalized spacial score (nSPS) is 28.3. The van der Waals surface area contributed by atoms with Crippen LogP contribution in [0.1, 0.15) is 17.7 Å². The quantitative estimate of drug-likeness (QED) is 0.858. The molecule has 6 heteroatoms. The Balaban J connectivity index is 1.57. The second-order valence-electron chi connectivity index (χ2n) is 6.35. The van der Waals surface area contributed by atoms with Crippen molar-refractivity contribution in [3.05, 3.63) is 22.4 Å². The highest BCUT2D eigenvalue weighted by Gasteiger charge is 2.41. The van der Waals surface area contributed by atoms with Gasteiger partial charge in [0.25, 0.3) is 0 Å². The summed E-state index contributed by atoms with van der Waals surface area (Å²) in [7, 11) is 1.73. The van der Waals surface area contributed by atoms with E-state index in [-0.39, 0.29) is 17.9 Å². The summed E-state index contributed by atoms with van der Waals surface area (Å²) < 4.78 is 11.1. The van der Waals surface area contributed by atoms with E-state index in [1.165, 1.54) is 4.88 Å². The first-order valence-corrected chi connectivity index (χ1v) is 9.29. The van der Waals surface area contributed by atoms with Gasteiger partial charge in [-0.1, -0.05) is 6.07 Å². The van der Waals surface area contributed by atoms with Crippen molar-refractivity contribution in [2.75, 3.05) is 40.0 Å². The standard InChI is InChI=1S/C17H26N2O3S/c1-21-9-7-19-6-4-16-15(12-19)14(5-8-22-16)17(20)18-11-13-3-2-10-23-13/h2-3,10,14-16H,4-9,11-12H2,1H3,(H,18,20)/t14-,15-,16-/m0/s1. The van der Waals surface area contributed by atoms with Crippen LogP contribution in [0.2, 0.25) is 0 Å². The summed E-state index contributed by atoms with van der Waals surface area (Å²) in [5.41, 5.74) is 0. The van der Waals surface area contributed by atoms with Crippen LogP contribution in [-0.4, -0.2) is 56.9 Å². The average molecular weight is 338 g/mol. The van der Waals surface area contributed by atoms with Gasteiger partial charge in [0.15, 0.2) is 0 Å². The Morgan fingerprint density at radius 1 is 1.52 bits per heavy atom. The predicted octanol–water partition coefficient (Wildman–Crippen LogP) is 1.74. The lowest BCUT2D eigenvalue weighted by Gasteiger charge is -2.44. The molecule has 0 bridgehead atoms. The molecule has 5 nitrogen and oxygen atoms in total. The van der Waals surface area contributed by atoms with E-state index in [9.17, 15) is 4.79 Å². The average Bonchev–Trinajstić information content (AvgIpc) is 3.10. The number of nitrogens with zero attached hydrogens (tertiary/aromatic N) is 1. The summed E-state index contributed by atoms with van der Waals surface area (Å²) in [6.45, 7) is 4.99. The van der Waals surface area contributed by atoms with E-state index in [0.717, 1.165) is 39.1 Å². The summed E-state index contributed by atoms with van der Waals surface area (Å²) in [5.74, 6) is 0.557. The van der Waals surface area contributed by atoms with Gasteiger partial charge in [0.1, 0.15) is 0 Å². The van der Waals surface area contributed by atoms with Gasteiger partial charge in [-0.2, -0.15) is 0 Å². The fourth-order valence-corrected chi connectivity index (χ4v) is 4.30. The second-order valence-corrected chi connectivity index (χ2v) is 7.38. The molecule has 1 N–H and O–H groups in total. The number of carbonyl (C=O) groups is 1. The number of piperidine rings is 1. The Morgan fingerprint density at radius 3 is 3.22 bits per heavy atom. The second kappa shape index (κ2) is 8.24. The highest BCUT2D eigenvalue weighted by atomic mass is 32.1. The van der Waals surface area contributed by atoms with Gasteiger partial charge in [-0.3, -0.25) is 4.79 Å². The van der Waals surface area contributed by atoms with Gasteiger partial charge in [-0.25, -0.2) is 0 Å². The van der Waals surface area contributed by atoms with E-state index in [2.05, 4.69) is 16.3 Å². The third-order valence-electron chi connectivity index (χ3n) is 4.92. The first kappa shape index (κ1) is 16.9. The van der Waals surface area contributed by atoms with Crippen molar-refractivity contribution in [1.82, 2.24) is 10.2 Å². The van der Waals surface area contributed by atoms with Crippen LogP contribution in [0.3, 0.4) is 0 Å². The Bertz CT molecular complexity index is 494. The molecule has 2 aliphatic rings. The Hall–Kier alpha value is -0.950. The Labute approximate surface area is 142 Å². The van der Waals surface area contributed by atoms with Crippen LogP contribution in [-0.2, 0) is 20.8 Å². The lowest BCUT2D eigenvalue weighted by atomic mass is 9.79. The maximum atomic E-state index is 12.7. The molecule has 1 amide bonds. The molecule has 23 heavy (non-hydrogen) atoms. The topological polar surface area (TPSA) is 50.8 Å². The Kier molecular flexibility index (Phi) is 6.05. The number of likely N-dealkylation sites (tertiary alicyclic amines) is 1. The summed E-state index contributed by atoms with van der Waals surface area (Å²) in [5, 5.41) is 5.16. The zero-order chi connectivity index (χ0) is 16.1. The van der Waals surface area contributed by atoms with Crippen LogP contribution in [0.25, 0.3) is 0 Å². The van der Waals surface area contributed by atoms with E-state index in [1.807, 2.05) is 11.4 Å². The summed E-state index contributed by atoms with van der Waals surface area (Å²) in [6.07, 6.45) is 2.08. The molecule has 3 atom stereocenters. The molecule has 2 aliphatic heterocycles. The first-order chi connectivity index (χ1) is 11.3. The van der Waals surface area contributed by atoms with Crippen molar-refractivity contribution in [3.8, 4) is 0 Å². The minimum atomic E-state index is 0.0686. The number of fused-ring (bicyclic) bond motifs is 1. The largest absolute Gasteiger partial charge is 0.383 e. The maximum Gasteiger partial charge on any atom is 0.223 e. The van der Waals surface area contributed by atoms with Crippen molar-refractivity contribution in [2.45, 2.75) is 25.5 Å². The van der Waals surface area contributed by atoms with Gasteiger partial charge < -0.3 is 19.7 Å². The fraction of sp³-hybridized carbons (Fsp3) is 0.706. The van der Waals surface area contributed by atoms with Gasteiger partial charge in [-0.05, 0) is 24.3 Å². The van der Waals surface area contributed by atoms with Gasteiger partial charge in [0.05, 0.1) is 19.3 Å². The number of hydrogen-bond acceptors (Lipinski definition) is 5. The third-order valence-corrected chi connectivity index (χ3v) is 5.80. The monoisotopic (exact) mass is 338 g/mol. The third kappa shape index (κ3) is 4.32. The number of hydrogen-bond donors (Lipinski definition) is 1. The molecule has 0 unspecified atom stereocenters. The molecule has 1 aromatic heterocycles. The van der Waals surface area contributed by atoms with Gasteiger partial charge in [0, 0.05) is 50.1 Å². The summed E-state index contributed by atoms with van der Waals surface area (Å²) in [6, 6.07) is 4.08. The van der Waals surface area contributed by atoms with Crippen LogP contribution < -0.4 is 5.32 Å². The number of carbonyl (C=O) groups excluding carboxylic acids is 1. The highest BCUT2D eigenvalue weighted by molar-refractivity contribution is 7.09. The number of ether oxygens (including phenoxy) is 2. The zero-order valence-electron chi connectivity index (χ0n) is 13.7. The number of rotatable bonds is 6. The van der Waals surface area contributed by atoms with Crippen molar-refractivity contribution in [3.63, 3.8) is 0 Å². The SMILES string of the molecule is COCCN1CC[C@@H]2OCC[C@H](C(=O)NCc3cccs3)[C@@H]2C1. The Morgan fingerprint density at radius 2 is 2.43 bits per heavy atom. The fourth-order valence-electron chi connectivity index (χ4n) is 3.65. The number of nitrogens with one attached hydrogen (secondary N) is 1. The molecule has 3 rings (SSSR count). The molecule has 2 saturated heterocycles. The van der Waals surface area contributed by atoms with E-state index in [1.54, 1.807) is 18.4 Å². The molecule has 3 heterocycles. The van der Waals surface area contributed by atoms with Crippen LogP contribution >= 0.6 is 11.3 Å². The molecular weight excluding hydrogens is 312 g/mol. The molecular formula is C17H26N2O3S. The van der Waals surface area contributed by atoms with Gasteiger partial charge in [0.2, 0.25) is 5.91 Å². The van der Waals surface area contributed by atoms with Crippen molar-refractivity contribution in [2.24, 2.45) is 11.8 Å². The smallest absolute Gasteiger partial charge is 0.223 e. The van der Waals surface area contributed by atoms with Crippen molar-refractivity contribution in [1.29, 1.82) is 0 Å². The summed E-state index contributed by atoms with van der Waals surface area (Å²) >= 11 is 1.68. The van der Waals surface area contributed by atoms with Crippen LogP contribution in [0, 0.1) is 11.8 Å². The van der Waals surface area contributed by atoms with Crippen LogP contribution in [0.5, 0.6) is 0 Å². The molecule has 2 fully saturated rings. The highest BCUT2D eigenvalue weighted by Crippen LogP contribution is 2.33. The van der Waals surface area contributed by atoms with Crippen LogP contribution in [0.4, 0.5) is 0 Å². The molecule has 0 spiro atoms. The summed E-state index contributed by atoms with van der Waals surface area (Å²) in [4.78, 5) is 16.3. The maximum absolute atomic E-state index is 12.7. The van der Waals surface area contributed by atoms with E-state index in [0.29, 0.717) is 19.1 Å². The number of amides is 1. The molecule has 128 valence electrons. The lowest BCUT2D eigenvalue weighted by Crippen LogP contribution is -2.53. The van der Waals surface area contributed by atoms with Gasteiger partial charge >= 0.3 is 0 Å². The van der Waals surface area contributed by atoms with E-state index < -0.39 is 0 Å². The van der Waals surface area contributed by atoms with Crippen LogP contribution in [0.15, 0.2) is 17.5 Å². The molecule has 0 aliphatic carbocycles. The lowest BCUT2D eigenvalue weighted by molar-refractivity contribution is -0.142. The molecule has 1 aromatic rings. The van der Waals surface area contributed by atoms with Crippen molar-refractivity contribution < 1.29 is 14.3 Å². The molecule has 0 aromatic carbocycles. The minimum absolute atomic E-state index is 0.0686. The number of methoxy groups -OCH3 is 1. The predicted molar refractivity (Wildman–Crippen MR) is 90.4 cm³/mol.